The number of amides is 2. The van der Waals surface area contributed by atoms with E-state index in [2.05, 4.69) is 10.6 Å². The molecule has 2 amide bonds. The zero-order valence-corrected chi connectivity index (χ0v) is 13.8. The second-order valence-electron chi connectivity index (χ2n) is 5.81. The molecule has 0 aliphatic heterocycles. The Kier molecular flexibility index (Phi) is 5.52. The zero-order valence-electron chi connectivity index (χ0n) is 13.8. The van der Waals surface area contributed by atoms with Crippen LogP contribution in [0.5, 0.6) is 0 Å². The van der Waals surface area contributed by atoms with E-state index in [0.29, 0.717) is 0 Å². The van der Waals surface area contributed by atoms with Crippen molar-refractivity contribution in [1.29, 1.82) is 0 Å². The number of aryl methyl sites for hydroxylation is 3. The van der Waals surface area contributed by atoms with Gasteiger partial charge in [0.1, 0.15) is 0 Å². The van der Waals surface area contributed by atoms with Crippen molar-refractivity contribution in [3.63, 3.8) is 0 Å². The van der Waals surface area contributed by atoms with Crippen LogP contribution in [-0.2, 0) is 16.0 Å². The van der Waals surface area contributed by atoms with Crippen LogP contribution in [0.15, 0.2) is 42.5 Å². The Balaban J connectivity index is 1.81. The maximum atomic E-state index is 11.9. The molecule has 0 fully saturated rings. The molecule has 4 nitrogen and oxygen atoms in total. The molecule has 120 valence electrons. The van der Waals surface area contributed by atoms with Gasteiger partial charge in [-0.25, -0.2) is 0 Å². The van der Waals surface area contributed by atoms with Crippen LogP contribution < -0.4 is 10.6 Å². The van der Waals surface area contributed by atoms with E-state index in [9.17, 15) is 9.59 Å². The molecule has 0 radical (unpaired) electrons. The first-order valence-corrected chi connectivity index (χ1v) is 7.63. The quantitative estimate of drug-likeness (QED) is 0.892. The Morgan fingerprint density at radius 1 is 0.870 bits per heavy atom. The SMILES string of the molecule is Cc1ccc(CC(=O)NCC(=O)Nc2ccc(C)cc2C)cc1. The smallest absolute Gasteiger partial charge is 0.243 e. The van der Waals surface area contributed by atoms with E-state index in [-0.39, 0.29) is 24.8 Å². The zero-order chi connectivity index (χ0) is 16.8. The Morgan fingerprint density at radius 3 is 2.17 bits per heavy atom. The topological polar surface area (TPSA) is 58.2 Å². The van der Waals surface area contributed by atoms with Crippen LogP contribution >= 0.6 is 0 Å². The fourth-order valence-corrected chi connectivity index (χ4v) is 2.28. The number of anilines is 1. The average Bonchev–Trinajstić information content (AvgIpc) is 2.50. The van der Waals surface area contributed by atoms with E-state index in [4.69, 9.17) is 0 Å². The Bertz CT molecular complexity index is 706. The van der Waals surface area contributed by atoms with Gasteiger partial charge in [-0.05, 0) is 38.0 Å². The van der Waals surface area contributed by atoms with Crippen molar-refractivity contribution < 1.29 is 9.59 Å². The molecule has 0 atom stereocenters. The van der Waals surface area contributed by atoms with Gasteiger partial charge in [-0.3, -0.25) is 9.59 Å². The summed E-state index contributed by atoms with van der Waals surface area (Å²) in [6.07, 6.45) is 0.275. The summed E-state index contributed by atoms with van der Waals surface area (Å²) in [6.45, 7) is 5.92. The highest BCUT2D eigenvalue weighted by atomic mass is 16.2. The van der Waals surface area contributed by atoms with Crippen molar-refractivity contribution in [1.82, 2.24) is 5.32 Å². The summed E-state index contributed by atoms with van der Waals surface area (Å²) in [5.41, 5.74) is 5.01. The minimum Gasteiger partial charge on any atom is -0.347 e. The molecule has 0 saturated heterocycles. The van der Waals surface area contributed by atoms with Crippen LogP contribution in [0.1, 0.15) is 22.3 Å². The van der Waals surface area contributed by atoms with E-state index in [1.165, 1.54) is 0 Å². The molecule has 0 bridgehead atoms. The first kappa shape index (κ1) is 16.7. The van der Waals surface area contributed by atoms with Crippen molar-refractivity contribution >= 4 is 17.5 Å². The van der Waals surface area contributed by atoms with Gasteiger partial charge in [-0.15, -0.1) is 0 Å². The molecule has 0 unspecified atom stereocenters. The number of carbonyl (C=O) groups excluding carboxylic acids is 2. The maximum Gasteiger partial charge on any atom is 0.243 e. The van der Waals surface area contributed by atoms with Gasteiger partial charge in [0.25, 0.3) is 0 Å². The standard InChI is InChI=1S/C19H22N2O2/c1-13-4-7-16(8-5-13)11-18(22)20-12-19(23)21-17-9-6-14(2)10-15(17)3/h4-10H,11-12H2,1-3H3,(H,20,22)(H,21,23). The highest BCUT2D eigenvalue weighted by molar-refractivity contribution is 5.95. The summed E-state index contributed by atoms with van der Waals surface area (Å²) in [6, 6.07) is 13.6. The molecular weight excluding hydrogens is 288 g/mol. The largest absolute Gasteiger partial charge is 0.347 e. The number of hydrogen-bond donors (Lipinski definition) is 2. The van der Waals surface area contributed by atoms with Gasteiger partial charge in [0.15, 0.2) is 0 Å². The molecule has 0 aliphatic rings. The minimum atomic E-state index is -0.228. The maximum absolute atomic E-state index is 11.9. The third-order valence-corrected chi connectivity index (χ3v) is 3.59. The predicted octanol–water partition coefficient (Wildman–Crippen LogP) is 2.91. The van der Waals surface area contributed by atoms with Crippen molar-refractivity contribution in [2.45, 2.75) is 27.2 Å². The van der Waals surface area contributed by atoms with E-state index in [1.54, 1.807) is 0 Å². The minimum absolute atomic E-state index is 0.0298. The highest BCUT2D eigenvalue weighted by Gasteiger charge is 2.08. The summed E-state index contributed by atoms with van der Waals surface area (Å²) in [5.74, 6) is -0.390. The summed E-state index contributed by atoms with van der Waals surface area (Å²) in [7, 11) is 0. The third-order valence-electron chi connectivity index (χ3n) is 3.59. The second kappa shape index (κ2) is 7.58. The Morgan fingerprint density at radius 2 is 1.52 bits per heavy atom. The van der Waals surface area contributed by atoms with Crippen LogP contribution in [0.2, 0.25) is 0 Å². The average molecular weight is 310 g/mol. The van der Waals surface area contributed by atoms with Crippen LogP contribution in [0.25, 0.3) is 0 Å². The first-order valence-electron chi connectivity index (χ1n) is 7.63. The molecule has 2 aromatic carbocycles. The molecule has 2 aromatic rings. The fraction of sp³-hybridized carbons (Fsp3) is 0.263. The molecule has 2 rings (SSSR count). The number of benzene rings is 2. The highest BCUT2D eigenvalue weighted by Crippen LogP contribution is 2.15. The van der Waals surface area contributed by atoms with Crippen molar-refractivity contribution in [3.05, 3.63) is 64.7 Å². The lowest BCUT2D eigenvalue weighted by Gasteiger charge is -2.10. The number of nitrogens with one attached hydrogen (secondary N) is 2. The van der Waals surface area contributed by atoms with E-state index in [0.717, 1.165) is 27.9 Å². The van der Waals surface area contributed by atoms with Gasteiger partial charge < -0.3 is 10.6 Å². The number of rotatable bonds is 5. The van der Waals surface area contributed by atoms with Crippen molar-refractivity contribution in [3.8, 4) is 0 Å². The molecule has 0 heterocycles. The van der Waals surface area contributed by atoms with E-state index >= 15 is 0 Å². The summed E-state index contributed by atoms with van der Waals surface area (Å²) < 4.78 is 0. The molecule has 0 aromatic heterocycles. The molecule has 0 spiro atoms. The Hall–Kier alpha value is -2.62. The van der Waals surface area contributed by atoms with Crippen LogP contribution in [-0.4, -0.2) is 18.4 Å². The van der Waals surface area contributed by atoms with Gasteiger partial charge in [0.05, 0.1) is 13.0 Å². The molecule has 0 saturated carbocycles. The monoisotopic (exact) mass is 310 g/mol. The molecule has 4 heteroatoms. The van der Waals surface area contributed by atoms with Crippen LogP contribution in [0, 0.1) is 20.8 Å². The van der Waals surface area contributed by atoms with Crippen molar-refractivity contribution in [2.24, 2.45) is 0 Å². The molecule has 0 aliphatic carbocycles. The lowest BCUT2D eigenvalue weighted by molar-refractivity contribution is -0.123. The first-order chi connectivity index (χ1) is 10.9. The lowest BCUT2D eigenvalue weighted by Crippen LogP contribution is -2.33. The van der Waals surface area contributed by atoms with E-state index < -0.39 is 0 Å². The normalized spacial score (nSPS) is 10.2. The van der Waals surface area contributed by atoms with Gasteiger partial charge in [-0.1, -0.05) is 47.5 Å². The predicted molar refractivity (Wildman–Crippen MR) is 92.4 cm³/mol. The summed E-state index contributed by atoms with van der Waals surface area (Å²) in [4.78, 5) is 23.8. The van der Waals surface area contributed by atoms with Gasteiger partial charge in [0, 0.05) is 5.69 Å². The summed E-state index contributed by atoms with van der Waals surface area (Å²) in [5, 5.41) is 5.46. The number of carbonyl (C=O) groups is 2. The molecule has 23 heavy (non-hydrogen) atoms. The fourth-order valence-electron chi connectivity index (χ4n) is 2.28. The lowest BCUT2D eigenvalue weighted by atomic mass is 10.1. The Labute approximate surface area is 136 Å². The van der Waals surface area contributed by atoms with Crippen LogP contribution in [0.4, 0.5) is 5.69 Å². The van der Waals surface area contributed by atoms with E-state index in [1.807, 2.05) is 63.2 Å². The summed E-state index contributed by atoms with van der Waals surface area (Å²) >= 11 is 0. The van der Waals surface area contributed by atoms with Gasteiger partial charge in [-0.2, -0.15) is 0 Å². The van der Waals surface area contributed by atoms with Gasteiger partial charge >= 0.3 is 0 Å². The molecular formula is C19H22N2O2. The van der Waals surface area contributed by atoms with Gasteiger partial charge in [0.2, 0.25) is 11.8 Å². The third kappa shape index (κ3) is 5.25. The second-order valence-corrected chi connectivity index (χ2v) is 5.81. The molecule has 2 N–H and O–H groups in total. The van der Waals surface area contributed by atoms with Crippen LogP contribution in [0.3, 0.4) is 0 Å². The number of hydrogen-bond acceptors (Lipinski definition) is 2. The van der Waals surface area contributed by atoms with Crippen molar-refractivity contribution in [2.75, 3.05) is 11.9 Å².